The van der Waals surface area contributed by atoms with Crippen LogP contribution in [0.4, 0.5) is 0 Å². The van der Waals surface area contributed by atoms with Crippen molar-refractivity contribution in [3.63, 3.8) is 0 Å². The molecule has 3 rings (SSSR count). The number of aliphatic imine (C=N–C) groups is 1. The Morgan fingerprint density at radius 3 is 2.92 bits per heavy atom. The molecule has 1 aliphatic heterocycles. The van der Waals surface area contributed by atoms with Crippen LogP contribution in [-0.2, 0) is 6.54 Å². The van der Waals surface area contributed by atoms with Crippen LogP contribution in [0, 0.1) is 5.92 Å². The minimum absolute atomic E-state index is 0.380. The van der Waals surface area contributed by atoms with Gasteiger partial charge in [0, 0.05) is 29.5 Å². The molecule has 1 aromatic carbocycles. The lowest BCUT2D eigenvalue weighted by molar-refractivity contribution is 0.122. The van der Waals surface area contributed by atoms with E-state index in [9.17, 15) is 0 Å². The number of hydrogen-bond donors (Lipinski definition) is 2. The fourth-order valence-electron chi connectivity index (χ4n) is 3.72. The van der Waals surface area contributed by atoms with E-state index in [-0.39, 0.29) is 0 Å². The van der Waals surface area contributed by atoms with Crippen LogP contribution in [0.2, 0.25) is 5.02 Å². The van der Waals surface area contributed by atoms with Gasteiger partial charge in [-0.3, -0.25) is 9.89 Å². The number of nitrogens with zero attached hydrogens (tertiary/aromatic N) is 2. The number of thiophene rings is 1. The molecule has 2 unspecified atom stereocenters. The molecule has 1 aromatic heterocycles. The summed E-state index contributed by atoms with van der Waals surface area (Å²) in [7, 11) is 4.03. The molecule has 2 heterocycles. The van der Waals surface area contributed by atoms with E-state index in [1.807, 2.05) is 19.2 Å². The summed E-state index contributed by atoms with van der Waals surface area (Å²) in [5, 5.41) is 9.83. The second-order valence-corrected chi connectivity index (χ2v) is 8.24. The summed E-state index contributed by atoms with van der Waals surface area (Å²) >= 11 is 7.99. The Labute approximate surface area is 165 Å². The average Bonchev–Trinajstić information content (AvgIpc) is 3.15. The van der Waals surface area contributed by atoms with E-state index in [1.54, 1.807) is 11.3 Å². The largest absolute Gasteiger partial charge is 0.356 e. The van der Waals surface area contributed by atoms with Crippen LogP contribution < -0.4 is 10.6 Å². The molecule has 6 heteroatoms. The molecule has 2 N–H and O–H groups in total. The Bertz CT molecular complexity index is 716. The lowest BCUT2D eigenvalue weighted by Gasteiger charge is -2.40. The Kier molecular flexibility index (Phi) is 6.94. The molecule has 1 saturated heterocycles. The van der Waals surface area contributed by atoms with E-state index in [4.69, 9.17) is 11.6 Å². The first-order valence-electron chi connectivity index (χ1n) is 9.10. The molecule has 140 valence electrons. The van der Waals surface area contributed by atoms with Gasteiger partial charge < -0.3 is 10.6 Å². The number of hydrogen-bond acceptors (Lipinski definition) is 3. The van der Waals surface area contributed by atoms with Crippen LogP contribution in [0.5, 0.6) is 0 Å². The monoisotopic (exact) mass is 390 g/mol. The number of likely N-dealkylation sites (tertiary alicyclic amines) is 1. The van der Waals surface area contributed by atoms with E-state index in [1.165, 1.54) is 23.3 Å². The number of benzene rings is 1. The minimum atomic E-state index is 0.380. The summed E-state index contributed by atoms with van der Waals surface area (Å²) in [4.78, 5) is 8.12. The molecule has 4 nitrogen and oxygen atoms in total. The van der Waals surface area contributed by atoms with E-state index in [0.29, 0.717) is 12.0 Å². The van der Waals surface area contributed by atoms with Crippen LogP contribution in [0.15, 0.2) is 46.8 Å². The summed E-state index contributed by atoms with van der Waals surface area (Å²) in [5.41, 5.74) is 1.30. The maximum absolute atomic E-state index is 6.24. The molecule has 2 aromatic rings. The number of piperidine rings is 1. The molecule has 0 amide bonds. The summed E-state index contributed by atoms with van der Waals surface area (Å²) < 4.78 is 0. The van der Waals surface area contributed by atoms with E-state index in [0.717, 1.165) is 30.6 Å². The second-order valence-electron chi connectivity index (χ2n) is 6.77. The van der Waals surface area contributed by atoms with Gasteiger partial charge in [0.15, 0.2) is 5.96 Å². The first-order chi connectivity index (χ1) is 12.7. The first kappa shape index (κ1) is 19.2. The van der Waals surface area contributed by atoms with Crippen molar-refractivity contribution in [1.29, 1.82) is 0 Å². The molecule has 26 heavy (non-hydrogen) atoms. The third-order valence-corrected chi connectivity index (χ3v) is 6.07. The highest BCUT2D eigenvalue weighted by molar-refractivity contribution is 7.09. The Balaban J connectivity index is 1.62. The van der Waals surface area contributed by atoms with E-state index in [2.05, 4.69) is 57.2 Å². The average molecular weight is 391 g/mol. The molecule has 0 saturated carbocycles. The zero-order valence-electron chi connectivity index (χ0n) is 15.4. The highest BCUT2D eigenvalue weighted by Crippen LogP contribution is 2.35. The van der Waals surface area contributed by atoms with E-state index >= 15 is 0 Å². The van der Waals surface area contributed by atoms with Crippen LogP contribution in [-0.4, -0.2) is 38.0 Å². The van der Waals surface area contributed by atoms with Crippen molar-refractivity contribution in [2.45, 2.75) is 25.4 Å². The summed E-state index contributed by atoms with van der Waals surface area (Å²) in [6.45, 7) is 2.82. The molecule has 1 aliphatic rings. The maximum Gasteiger partial charge on any atom is 0.191 e. The van der Waals surface area contributed by atoms with Crippen LogP contribution in [0.25, 0.3) is 0 Å². The van der Waals surface area contributed by atoms with Gasteiger partial charge in [0.2, 0.25) is 0 Å². The fourth-order valence-corrected chi connectivity index (χ4v) is 4.57. The van der Waals surface area contributed by atoms with Crippen molar-refractivity contribution in [3.8, 4) is 0 Å². The van der Waals surface area contributed by atoms with Crippen molar-refractivity contribution >= 4 is 28.9 Å². The van der Waals surface area contributed by atoms with Crippen LogP contribution >= 0.6 is 22.9 Å². The summed E-state index contributed by atoms with van der Waals surface area (Å²) in [6.07, 6.45) is 2.43. The Morgan fingerprint density at radius 2 is 2.19 bits per heavy atom. The molecular formula is C20H27ClN4S. The van der Waals surface area contributed by atoms with Gasteiger partial charge in [0.1, 0.15) is 0 Å². The molecule has 0 aliphatic carbocycles. The predicted octanol–water partition coefficient (Wildman–Crippen LogP) is 4.15. The number of nitrogens with one attached hydrogen (secondary N) is 2. The topological polar surface area (TPSA) is 39.7 Å². The smallest absolute Gasteiger partial charge is 0.191 e. The summed E-state index contributed by atoms with van der Waals surface area (Å²) in [6, 6.07) is 12.9. The van der Waals surface area contributed by atoms with Gasteiger partial charge in [-0.1, -0.05) is 29.8 Å². The number of guanidine groups is 1. The fraction of sp³-hybridized carbons (Fsp3) is 0.450. The Morgan fingerprint density at radius 1 is 1.31 bits per heavy atom. The third-order valence-electron chi connectivity index (χ3n) is 4.96. The van der Waals surface area contributed by atoms with Crippen molar-refractivity contribution in [2.24, 2.45) is 10.9 Å². The van der Waals surface area contributed by atoms with Gasteiger partial charge >= 0.3 is 0 Å². The molecule has 1 fully saturated rings. The highest BCUT2D eigenvalue weighted by atomic mass is 35.5. The molecule has 0 spiro atoms. The first-order valence-corrected chi connectivity index (χ1v) is 10.4. The highest BCUT2D eigenvalue weighted by Gasteiger charge is 2.30. The van der Waals surface area contributed by atoms with Crippen LogP contribution in [0.1, 0.15) is 29.3 Å². The van der Waals surface area contributed by atoms with E-state index < -0.39 is 0 Å². The van der Waals surface area contributed by atoms with Crippen LogP contribution in [0.3, 0.4) is 0 Å². The quantitative estimate of drug-likeness (QED) is 0.595. The lowest BCUT2D eigenvalue weighted by atomic mass is 9.85. The zero-order valence-corrected chi connectivity index (χ0v) is 17.0. The maximum atomic E-state index is 6.24. The lowest BCUT2D eigenvalue weighted by Crippen LogP contribution is -2.44. The number of rotatable bonds is 5. The van der Waals surface area contributed by atoms with Gasteiger partial charge in [-0.25, -0.2) is 0 Å². The SMILES string of the molecule is CN=C(NCc1cccs1)NCC1CCCN(C)C1c1cccc(Cl)c1. The van der Waals surface area contributed by atoms with Crippen molar-refractivity contribution in [3.05, 3.63) is 57.2 Å². The third kappa shape index (κ3) is 5.00. The van der Waals surface area contributed by atoms with Gasteiger partial charge in [-0.05, 0) is 61.5 Å². The standard InChI is InChI=1S/C20H27ClN4S/c1-22-20(24-14-18-9-5-11-26-18)23-13-16-7-4-10-25(2)19(16)15-6-3-8-17(21)12-15/h3,5-6,8-9,11-12,16,19H,4,7,10,13-14H2,1-2H3,(H2,22,23,24). The summed E-state index contributed by atoms with van der Waals surface area (Å²) in [5.74, 6) is 1.38. The normalized spacial score (nSPS) is 21.6. The molecule has 0 radical (unpaired) electrons. The van der Waals surface area contributed by atoms with Gasteiger partial charge in [0.25, 0.3) is 0 Å². The van der Waals surface area contributed by atoms with Gasteiger partial charge in [0.05, 0.1) is 6.54 Å². The van der Waals surface area contributed by atoms with Crippen molar-refractivity contribution in [2.75, 3.05) is 27.2 Å². The zero-order chi connectivity index (χ0) is 18.4. The molecule has 2 atom stereocenters. The minimum Gasteiger partial charge on any atom is -0.356 e. The van der Waals surface area contributed by atoms with Crippen molar-refractivity contribution < 1.29 is 0 Å². The number of halogens is 1. The van der Waals surface area contributed by atoms with Gasteiger partial charge in [-0.2, -0.15) is 0 Å². The second kappa shape index (κ2) is 9.40. The predicted molar refractivity (Wildman–Crippen MR) is 112 cm³/mol. The van der Waals surface area contributed by atoms with Crippen molar-refractivity contribution in [1.82, 2.24) is 15.5 Å². The Hall–Kier alpha value is -1.56. The molecule has 0 bridgehead atoms. The van der Waals surface area contributed by atoms with Gasteiger partial charge in [-0.15, -0.1) is 11.3 Å². The molecular weight excluding hydrogens is 364 g/mol.